The fourth-order valence-corrected chi connectivity index (χ4v) is 4.29. The van der Waals surface area contributed by atoms with Crippen molar-refractivity contribution in [3.8, 4) is 5.75 Å². The number of fused-ring (bicyclic) bond motifs is 5. The highest BCUT2D eigenvalue weighted by Gasteiger charge is 2.46. The molecule has 0 radical (unpaired) electrons. The van der Waals surface area contributed by atoms with Gasteiger partial charge < -0.3 is 4.74 Å². The van der Waals surface area contributed by atoms with Crippen LogP contribution in [0.15, 0.2) is 35.9 Å². The van der Waals surface area contributed by atoms with Gasteiger partial charge >= 0.3 is 0 Å². The van der Waals surface area contributed by atoms with Gasteiger partial charge in [0, 0.05) is 12.3 Å². The van der Waals surface area contributed by atoms with Gasteiger partial charge in [-0.1, -0.05) is 23.8 Å². The Kier molecular flexibility index (Phi) is 2.66. The SMILES string of the molecule is COc1ccc2c(c1)CC[C@@H]1C2=CC[C@]2(C)C(=O)CC=C12. The molecular weight excluding hydrogens is 260 g/mol. The number of hydrogen-bond acceptors (Lipinski definition) is 2. The van der Waals surface area contributed by atoms with Crippen molar-refractivity contribution < 1.29 is 9.53 Å². The number of rotatable bonds is 1. The first kappa shape index (κ1) is 12.9. The summed E-state index contributed by atoms with van der Waals surface area (Å²) in [7, 11) is 1.72. The minimum Gasteiger partial charge on any atom is -0.497 e. The van der Waals surface area contributed by atoms with E-state index in [2.05, 4.69) is 31.2 Å². The molecule has 0 aromatic heterocycles. The fourth-order valence-electron chi connectivity index (χ4n) is 4.29. The standard InChI is InChI=1S/C19H20O2/c1-19-10-9-15-14-6-4-13(21-2)11-12(14)3-5-16(15)17(19)7-8-18(19)20/h4,6-7,9,11,16H,3,5,8,10H2,1-2H3/t16-,19+/m1/s1. The second kappa shape index (κ2) is 4.33. The molecule has 0 bridgehead atoms. The molecule has 0 spiro atoms. The molecule has 0 amide bonds. The van der Waals surface area contributed by atoms with Gasteiger partial charge in [0.15, 0.2) is 0 Å². The summed E-state index contributed by atoms with van der Waals surface area (Å²) in [5.74, 6) is 1.77. The van der Waals surface area contributed by atoms with E-state index in [1.165, 1.54) is 22.3 Å². The molecule has 0 unspecified atom stereocenters. The summed E-state index contributed by atoms with van der Waals surface area (Å²) in [5, 5.41) is 0. The highest BCUT2D eigenvalue weighted by Crippen LogP contribution is 2.54. The zero-order valence-electron chi connectivity index (χ0n) is 12.6. The Bertz CT molecular complexity index is 696. The normalized spacial score (nSPS) is 30.0. The van der Waals surface area contributed by atoms with Gasteiger partial charge in [-0.05, 0) is 55.0 Å². The van der Waals surface area contributed by atoms with E-state index in [0.717, 1.165) is 25.0 Å². The van der Waals surface area contributed by atoms with E-state index >= 15 is 0 Å². The molecule has 0 aliphatic heterocycles. The molecule has 108 valence electrons. The molecule has 2 atom stereocenters. The zero-order chi connectivity index (χ0) is 14.6. The first-order chi connectivity index (χ1) is 10.1. The van der Waals surface area contributed by atoms with Gasteiger partial charge in [0.1, 0.15) is 11.5 Å². The number of aryl methyl sites for hydroxylation is 1. The van der Waals surface area contributed by atoms with E-state index in [4.69, 9.17) is 4.74 Å². The third-order valence-corrected chi connectivity index (χ3v) is 5.57. The van der Waals surface area contributed by atoms with E-state index in [1.54, 1.807) is 7.11 Å². The van der Waals surface area contributed by atoms with Crippen molar-refractivity contribution >= 4 is 11.4 Å². The lowest BCUT2D eigenvalue weighted by Gasteiger charge is -2.40. The number of Topliss-reactive ketones (excluding diaryl/α,β-unsaturated/α-hetero) is 1. The van der Waals surface area contributed by atoms with Crippen LogP contribution in [0.3, 0.4) is 0 Å². The van der Waals surface area contributed by atoms with E-state index < -0.39 is 0 Å². The van der Waals surface area contributed by atoms with Crippen LogP contribution >= 0.6 is 0 Å². The topological polar surface area (TPSA) is 26.3 Å². The van der Waals surface area contributed by atoms with Crippen molar-refractivity contribution in [3.63, 3.8) is 0 Å². The van der Waals surface area contributed by atoms with E-state index in [-0.39, 0.29) is 5.41 Å². The quantitative estimate of drug-likeness (QED) is 0.728. The molecule has 3 aliphatic rings. The predicted octanol–water partition coefficient (Wildman–Crippen LogP) is 3.95. The highest BCUT2D eigenvalue weighted by molar-refractivity contribution is 5.95. The van der Waals surface area contributed by atoms with Crippen molar-refractivity contribution in [1.29, 1.82) is 0 Å². The molecule has 0 N–H and O–H groups in total. The summed E-state index contributed by atoms with van der Waals surface area (Å²) in [5.41, 5.74) is 5.32. The molecule has 0 saturated carbocycles. The summed E-state index contributed by atoms with van der Waals surface area (Å²) >= 11 is 0. The van der Waals surface area contributed by atoms with Gasteiger partial charge in [0.2, 0.25) is 0 Å². The number of carbonyl (C=O) groups excluding carboxylic acids is 1. The second-order valence-electron chi connectivity index (χ2n) is 6.60. The summed E-state index contributed by atoms with van der Waals surface area (Å²) in [4.78, 5) is 12.2. The molecule has 21 heavy (non-hydrogen) atoms. The van der Waals surface area contributed by atoms with E-state index in [0.29, 0.717) is 18.1 Å². The van der Waals surface area contributed by atoms with Crippen LogP contribution < -0.4 is 4.74 Å². The van der Waals surface area contributed by atoms with Crippen LogP contribution in [0, 0.1) is 11.3 Å². The van der Waals surface area contributed by atoms with Gasteiger partial charge in [0.05, 0.1) is 12.5 Å². The van der Waals surface area contributed by atoms with Gasteiger partial charge in [0.25, 0.3) is 0 Å². The Labute approximate surface area is 125 Å². The second-order valence-corrected chi connectivity index (χ2v) is 6.60. The molecular formula is C19H20O2. The maximum Gasteiger partial charge on any atom is 0.146 e. The Hall–Kier alpha value is -1.83. The zero-order valence-corrected chi connectivity index (χ0v) is 12.6. The molecule has 2 heteroatoms. The number of allylic oxidation sites excluding steroid dienone is 4. The number of benzene rings is 1. The summed E-state index contributed by atoms with van der Waals surface area (Å²) in [6.45, 7) is 2.13. The number of methoxy groups -OCH3 is 1. The molecule has 2 nitrogen and oxygen atoms in total. The highest BCUT2D eigenvalue weighted by atomic mass is 16.5. The Morgan fingerprint density at radius 3 is 2.95 bits per heavy atom. The monoisotopic (exact) mass is 280 g/mol. The third kappa shape index (κ3) is 1.68. The minimum absolute atomic E-state index is 0.224. The van der Waals surface area contributed by atoms with Crippen LogP contribution in [0.4, 0.5) is 0 Å². The van der Waals surface area contributed by atoms with Crippen LogP contribution in [0.5, 0.6) is 5.75 Å². The first-order valence-electron chi connectivity index (χ1n) is 7.74. The Balaban J connectivity index is 1.81. The average molecular weight is 280 g/mol. The minimum atomic E-state index is -0.224. The van der Waals surface area contributed by atoms with Crippen LogP contribution in [0.2, 0.25) is 0 Å². The van der Waals surface area contributed by atoms with Crippen LogP contribution in [0.25, 0.3) is 5.57 Å². The summed E-state index contributed by atoms with van der Waals surface area (Å²) in [6, 6.07) is 6.39. The van der Waals surface area contributed by atoms with Crippen molar-refractivity contribution in [2.75, 3.05) is 7.11 Å². The van der Waals surface area contributed by atoms with Crippen LogP contribution in [-0.4, -0.2) is 12.9 Å². The molecule has 1 aromatic carbocycles. The van der Waals surface area contributed by atoms with Gasteiger partial charge in [-0.25, -0.2) is 0 Å². The predicted molar refractivity (Wildman–Crippen MR) is 83.2 cm³/mol. The number of ether oxygens (including phenoxy) is 1. The molecule has 0 heterocycles. The van der Waals surface area contributed by atoms with Crippen molar-refractivity contribution in [2.45, 2.75) is 32.6 Å². The van der Waals surface area contributed by atoms with Gasteiger partial charge in [-0.15, -0.1) is 0 Å². The third-order valence-electron chi connectivity index (χ3n) is 5.57. The van der Waals surface area contributed by atoms with Crippen molar-refractivity contribution in [2.24, 2.45) is 11.3 Å². The van der Waals surface area contributed by atoms with Crippen LogP contribution in [-0.2, 0) is 11.2 Å². The van der Waals surface area contributed by atoms with Gasteiger partial charge in [-0.2, -0.15) is 0 Å². The van der Waals surface area contributed by atoms with Crippen molar-refractivity contribution in [3.05, 3.63) is 47.1 Å². The molecule has 4 rings (SSSR count). The summed E-state index contributed by atoms with van der Waals surface area (Å²) < 4.78 is 5.34. The largest absolute Gasteiger partial charge is 0.497 e. The molecule has 0 fully saturated rings. The molecule has 0 saturated heterocycles. The first-order valence-corrected chi connectivity index (χ1v) is 7.74. The fraction of sp³-hybridized carbons (Fsp3) is 0.421. The lowest BCUT2D eigenvalue weighted by Crippen LogP contribution is -2.33. The number of ketones is 1. The summed E-state index contributed by atoms with van der Waals surface area (Å²) in [6.07, 6.45) is 8.18. The van der Waals surface area contributed by atoms with E-state index in [1.807, 2.05) is 6.07 Å². The number of carbonyl (C=O) groups is 1. The Morgan fingerprint density at radius 1 is 1.29 bits per heavy atom. The molecule has 3 aliphatic carbocycles. The maximum absolute atomic E-state index is 12.2. The smallest absolute Gasteiger partial charge is 0.146 e. The van der Waals surface area contributed by atoms with Crippen molar-refractivity contribution in [1.82, 2.24) is 0 Å². The lowest BCUT2D eigenvalue weighted by molar-refractivity contribution is -0.124. The van der Waals surface area contributed by atoms with Gasteiger partial charge in [-0.3, -0.25) is 4.79 Å². The average Bonchev–Trinajstić information content (AvgIpc) is 2.82. The molecule has 1 aromatic rings. The van der Waals surface area contributed by atoms with E-state index in [9.17, 15) is 4.79 Å². The number of hydrogen-bond donors (Lipinski definition) is 0. The lowest BCUT2D eigenvalue weighted by atomic mass is 9.63. The van der Waals surface area contributed by atoms with Crippen LogP contribution in [0.1, 0.15) is 37.3 Å². The Morgan fingerprint density at radius 2 is 2.14 bits per heavy atom. The maximum atomic E-state index is 12.2.